The molecule has 0 spiro atoms. The van der Waals surface area contributed by atoms with E-state index >= 15 is 0 Å². The van der Waals surface area contributed by atoms with Gasteiger partial charge in [-0.3, -0.25) is 0 Å². The Kier molecular flexibility index (Phi) is 6.45. The molecule has 1 unspecified atom stereocenters. The first-order valence-corrected chi connectivity index (χ1v) is 8.70. The molecule has 4 nitrogen and oxygen atoms in total. The second kappa shape index (κ2) is 7.60. The standard InChI is InChI=1S/C13H19ClO4S/c1-3-11(10-19(14,15)16)9-18-13-7-5-12(6-8-13)17-4-2/h5-8,11H,3-4,9-10H2,1-2H3. The van der Waals surface area contributed by atoms with Crippen LogP contribution in [0.25, 0.3) is 0 Å². The van der Waals surface area contributed by atoms with Crippen LogP contribution in [0.4, 0.5) is 0 Å². The van der Waals surface area contributed by atoms with Gasteiger partial charge in [0, 0.05) is 16.6 Å². The van der Waals surface area contributed by atoms with Gasteiger partial charge in [0.2, 0.25) is 9.05 Å². The van der Waals surface area contributed by atoms with Gasteiger partial charge in [-0.15, -0.1) is 0 Å². The van der Waals surface area contributed by atoms with Gasteiger partial charge in [0.1, 0.15) is 11.5 Å². The molecule has 108 valence electrons. The van der Waals surface area contributed by atoms with Crippen molar-refractivity contribution in [2.45, 2.75) is 20.3 Å². The number of ether oxygens (including phenoxy) is 2. The molecule has 1 aromatic rings. The van der Waals surface area contributed by atoms with Crippen molar-refractivity contribution in [3.8, 4) is 11.5 Å². The summed E-state index contributed by atoms with van der Waals surface area (Å²) < 4.78 is 32.9. The van der Waals surface area contributed by atoms with Gasteiger partial charge in [0.15, 0.2) is 0 Å². The van der Waals surface area contributed by atoms with Gasteiger partial charge in [-0.2, -0.15) is 0 Å². The van der Waals surface area contributed by atoms with Gasteiger partial charge >= 0.3 is 0 Å². The molecule has 0 amide bonds. The Labute approximate surface area is 119 Å². The van der Waals surface area contributed by atoms with E-state index in [1.807, 2.05) is 26.0 Å². The van der Waals surface area contributed by atoms with E-state index in [2.05, 4.69) is 0 Å². The minimum Gasteiger partial charge on any atom is -0.494 e. The first-order chi connectivity index (χ1) is 8.94. The van der Waals surface area contributed by atoms with Crippen LogP contribution in [0, 0.1) is 5.92 Å². The highest BCUT2D eigenvalue weighted by Gasteiger charge is 2.16. The molecular formula is C13H19ClO4S. The molecule has 0 aliphatic heterocycles. The third-order valence-corrected chi connectivity index (χ3v) is 3.88. The van der Waals surface area contributed by atoms with Crippen LogP contribution in [0.5, 0.6) is 11.5 Å². The summed E-state index contributed by atoms with van der Waals surface area (Å²) in [6.45, 7) is 4.78. The molecule has 0 aliphatic carbocycles. The fourth-order valence-electron chi connectivity index (χ4n) is 1.58. The van der Waals surface area contributed by atoms with E-state index in [0.29, 0.717) is 25.4 Å². The average Bonchev–Trinajstić information content (AvgIpc) is 2.35. The van der Waals surface area contributed by atoms with Crippen LogP contribution in [0.15, 0.2) is 24.3 Å². The largest absolute Gasteiger partial charge is 0.494 e. The average molecular weight is 307 g/mol. The molecular weight excluding hydrogens is 288 g/mol. The third-order valence-electron chi connectivity index (χ3n) is 2.63. The van der Waals surface area contributed by atoms with Crippen LogP contribution in [0.3, 0.4) is 0 Å². The maximum atomic E-state index is 11.0. The number of hydrogen-bond acceptors (Lipinski definition) is 4. The summed E-state index contributed by atoms with van der Waals surface area (Å²) in [6.07, 6.45) is 0.697. The molecule has 1 atom stereocenters. The van der Waals surface area contributed by atoms with E-state index in [9.17, 15) is 8.42 Å². The molecule has 0 fully saturated rings. The Morgan fingerprint density at radius 3 is 2.05 bits per heavy atom. The van der Waals surface area contributed by atoms with E-state index in [0.717, 1.165) is 5.75 Å². The van der Waals surface area contributed by atoms with Crippen LogP contribution < -0.4 is 9.47 Å². The topological polar surface area (TPSA) is 52.6 Å². The Morgan fingerprint density at radius 1 is 1.11 bits per heavy atom. The number of benzene rings is 1. The highest BCUT2D eigenvalue weighted by molar-refractivity contribution is 8.13. The van der Waals surface area contributed by atoms with Gasteiger partial charge in [-0.1, -0.05) is 6.92 Å². The highest BCUT2D eigenvalue weighted by atomic mass is 35.7. The van der Waals surface area contributed by atoms with Gasteiger partial charge in [-0.05, 0) is 37.6 Å². The SMILES string of the molecule is CCOc1ccc(OCC(CC)CS(=O)(=O)Cl)cc1. The van der Waals surface area contributed by atoms with E-state index < -0.39 is 9.05 Å². The van der Waals surface area contributed by atoms with E-state index in [4.69, 9.17) is 20.2 Å². The molecule has 0 N–H and O–H groups in total. The second-order valence-electron chi connectivity index (χ2n) is 4.20. The molecule has 1 rings (SSSR count). The minimum absolute atomic E-state index is 0.0674. The molecule has 0 saturated carbocycles. The third kappa shape index (κ3) is 6.68. The molecule has 19 heavy (non-hydrogen) atoms. The quantitative estimate of drug-likeness (QED) is 0.693. The lowest BCUT2D eigenvalue weighted by Gasteiger charge is -2.14. The lowest BCUT2D eigenvalue weighted by molar-refractivity contribution is 0.257. The van der Waals surface area contributed by atoms with Crippen molar-refractivity contribution in [3.05, 3.63) is 24.3 Å². The maximum absolute atomic E-state index is 11.0. The van der Waals surface area contributed by atoms with Gasteiger partial charge in [-0.25, -0.2) is 8.42 Å². The van der Waals surface area contributed by atoms with Crippen LogP contribution >= 0.6 is 10.7 Å². The molecule has 6 heteroatoms. The summed E-state index contributed by atoms with van der Waals surface area (Å²) >= 11 is 0. The number of hydrogen-bond donors (Lipinski definition) is 0. The van der Waals surface area contributed by atoms with Crippen molar-refractivity contribution < 1.29 is 17.9 Å². The highest BCUT2D eigenvalue weighted by Crippen LogP contribution is 2.19. The van der Waals surface area contributed by atoms with Crippen LogP contribution in [0.2, 0.25) is 0 Å². The van der Waals surface area contributed by atoms with Crippen LogP contribution in [0.1, 0.15) is 20.3 Å². The summed E-state index contributed by atoms with van der Waals surface area (Å²) in [4.78, 5) is 0. The maximum Gasteiger partial charge on any atom is 0.232 e. The lowest BCUT2D eigenvalue weighted by atomic mass is 10.1. The van der Waals surface area contributed by atoms with Crippen molar-refractivity contribution in [1.29, 1.82) is 0 Å². The Morgan fingerprint density at radius 2 is 1.63 bits per heavy atom. The zero-order valence-electron chi connectivity index (χ0n) is 11.1. The summed E-state index contributed by atoms with van der Waals surface area (Å²) in [5.74, 6) is 1.30. The Balaban J connectivity index is 2.50. The lowest BCUT2D eigenvalue weighted by Crippen LogP contribution is -2.18. The van der Waals surface area contributed by atoms with Crippen LogP contribution in [-0.4, -0.2) is 27.4 Å². The smallest absolute Gasteiger partial charge is 0.232 e. The molecule has 1 aromatic carbocycles. The fourth-order valence-corrected chi connectivity index (χ4v) is 3.01. The number of rotatable bonds is 8. The van der Waals surface area contributed by atoms with Gasteiger partial charge < -0.3 is 9.47 Å². The first kappa shape index (κ1) is 16.1. The minimum atomic E-state index is -3.48. The van der Waals surface area contributed by atoms with Crippen molar-refractivity contribution in [1.82, 2.24) is 0 Å². The van der Waals surface area contributed by atoms with E-state index in [1.54, 1.807) is 12.1 Å². The molecule has 0 bridgehead atoms. The van der Waals surface area contributed by atoms with Crippen LogP contribution in [-0.2, 0) is 9.05 Å². The zero-order chi connectivity index (χ0) is 14.3. The first-order valence-electron chi connectivity index (χ1n) is 6.22. The molecule has 0 aromatic heterocycles. The van der Waals surface area contributed by atoms with Crippen molar-refractivity contribution in [2.24, 2.45) is 5.92 Å². The predicted molar refractivity (Wildman–Crippen MR) is 76.5 cm³/mol. The van der Waals surface area contributed by atoms with Crippen molar-refractivity contribution in [2.75, 3.05) is 19.0 Å². The normalized spacial score (nSPS) is 13.0. The Hall–Kier alpha value is -0.940. The summed E-state index contributed by atoms with van der Waals surface area (Å²) in [6, 6.07) is 7.23. The summed E-state index contributed by atoms with van der Waals surface area (Å²) in [5.41, 5.74) is 0. The van der Waals surface area contributed by atoms with Crippen molar-refractivity contribution in [3.63, 3.8) is 0 Å². The molecule has 0 saturated heterocycles. The van der Waals surface area contributed by atoms with Crippen molar-refractivity contribution >= 4 is 19.7 Å². The summed E-state index contributed by atoms with van der Waals surface area (Å²) in [7, 11) is 1.76. The molecule has 0 radical (unpaired) electrons. The Bertz CT molecular complexity index is 470. The predicted octanol–water partition coefficient (Wildman–Crippen LogP) is 3.06. The fraction of sp³-hybridized carbons (Fsp3) is 0.538. The molecule has 0 aliphatic rings. The number of halogens is 1. The summed E-state index contributed by atoms with van der Waals surface area (Å²) in [5, 5.41) is 0. The van der Waals surface area contributed by atoms with E-state index in [-0.39, 0.29) is 11.7 Å². The van der Waals surface area contributed by atoms with Gasteiger partial charge in [0.05, 0.1) is 19.0 Å². The molecule has 0 heterocycles. The monoisotopic (exact) mass is 306 g/mol. The zero-order valence-corrected chi connectivity index (χ0v) is 12.7. The second-order valence-corrected chi connectivity index (χ2v) is 7.02. The van der Waals surface area contributed by atoms with Gasteiger partial charge in [0.25, 0.3) is 0 Å². The van der Waals surface area contributed by atoms with E-state index in [1.165, 1.54) is 0 Å².